The van der Waals surface area contributed by atoms with E-state index >= 15 is 0 Å². The van der Waals surface area contributed by atoms with Crippen LogP contribution in [0.4, 0.5) is 5.69 Å². The number of aryl methyl sites for hydroxylation is 1. The third-order valence-corrected chi connectivity index (χ3v) is 6.21. The summed E-state index contributed by atoms with van der Waals surface area (Å²) >= 11 is 3.77. The molecule has 20 heavy (non-hydrogen) atoms. The van der Waals surface area contributed by atoms with Crippen molar-refractivity contribution >= 4 is 57.9 Å². The standard InChI is InChI=1S/C17H15NS2/c1-2-3-10-4-6-12-14(8-10)19-17-13-7-5-11(18)9-15(13)20-16(12)17/h4-9H,2-3,18H2,1H3. The largest absolute Gasteiger partial charge is 0.399 e. The summed E-state index contributed by atoms with van der Waals surface area (Å²) in [6, 6.07) is 13.2. The van der Waals surface area contributed by atoms with Gasteiger partial charge in [0.1, 0.15) is 0 Å². The molecule has 0 fully saturated rings. The van der Waals surface area contributed by atoms with Gasteiger partial charge in [0, 0.05) is 25.9 Å². The summed E-state index contributed by atoms with van der Waals surface area (Å²) in [5, 5.41) is 2.74. The number of anilines is 1. The summed E-state index contributed by atoms with van der Waals surface area (Å²) in [7, 11) is 0. The van der Waals surface area contributed by atoms with E-state index in [1.54, 1.807) is 0 Å². The number of nitrogens with two attached hydrogens (primary N) is 1. The Morgan fingerprint density at radius 3 is 2.25 bits per heavy atom. The van der Waals surface area contributed by atoms with Crippen molar-refractivity contribution in [2.45, 2.75) is 19.8 Å². The Bertz CT molecular complexity index is 930. The maximum atomic E-state index is 5.89. The highest BCUT2D eigenvalue weighted by Gasteiger charge is 2.12. The Morgan fingerprint density at radius 2 is 1.55 bits per heavy atom. The van der Waals surface area contributed by atoms with Gasteiger partial charge >= 0.3 is 0 Å². The number of benzene rings is 2. The molecule has 0 aliphatic carbocycles. The van der Waals surface area contributed by atoms with E-state index in [2.05, 4.69) is 37.3 Å². The Kier molecular flexibility index (Phi) is 2.72. The van der Waals surface area contributed by atoms with Crippen molar-refractivity contribution in [3.05, 3.63) is 42.0 Å². The summed E-state index contributed by atoms with van der Waals surface area (Å²) in [5.74, 6) is 0. The molecule has 3 heteroatoms. The molecule has 2 aromatic heterocycles. The minimum Gasteiger partial charge on any atom is -0.399 e. The van der Waals surface area contributed by atoms with E-state index in [9.17, 15) is 0 Å². The van der Waals surface area contributed by atoms with Crippen molar-refractivity contribution in [1.82, 2.24) is 0 Å². The van der Waals surface area contributed by atoms with Gasteiger partial charge in [0.15, 0.2) is 0 Å². The molecule has 2 aromatic carbocycles. The van der Waals surface area contributed by atoms with Gasteiger partial charge < -0.3 is 5.73 Å². The molecule has 0 spiro atoms. The maximum Gasteiger partial charge on any atom is 0.0542 e. The lowest BCUT2D eigenvalue weighted by molar-refractivity contribution is 0.924. The van der Waals surface area contributed by atoms with E-state index in [4.69, 9.17) is 5.73 Å². The highest BCUT2D eigenvalue weighted by atomic mass is 32.1. The molecule has 100 valence electrons. The highest BCUT2D eigenvalue weighted by Crippen LogP contribution is 2.44. The lowest BCUT2D eigenvalue weighted by Gasteiger charge is -1.98. The van der Waals surface area contributed by atoms with Crippen LogP contribution < -0.4 is 5.73 Å². The van der Waals surface area contributed by atoms with E-state index in [0.717, 1.165) is 5.69 Å². The number of thiophene rings is 2. The summed E-state index contributed by atoms with van der Waals surface area (Å²) < 4.78 is 5.53. The average Bonchev–Trinajstić information content (AvgIpc) is 2.93. The molecule has 0 saturated heterocycles. The van der Waals surface area contributed by atoms with Crippen LogP contribution >= 0.6 is 22.7 Å². The van der Waals surface area contributed by atoms with Gasteiger partial charge in [-0.1, -0.05) is 31.5 Å². The fourth-order valence-corrected chi connectivity index (χ4v) is 5.53. The van der Waals surface area contributed by atoms with Gasteiger partial charge in [-0.15, -0.1) is 22.7 Å². The van der Waals surface area contributed by atoms with Crippen LogP contribution in [0.25, 0.3) is 29.6 Å². The van der Waals surface area contributed by atoms with E-state index in [1.807, 2.05) is 28.7 Å². The Morgan fingerprint density at radius 1 is 0.900 bits per heavy atom. The van der Waals surface area contributed by atoms with Crippen molar-refractivity contribution in [3.8, 4) is 0 Å². The van der Waals surface area contributed by atoms with Gasteiger partial charge in [0.2, 0.25) is 0 Å². The molecule has 0 unspecified atom stereocenters. The molecule has 0 saturated carbocycles. The summed E-state index contributed by atoms with van der Waals surface area (Å²) in [6.07, 6.45) is 2.37. The molecule has 4 rings (SSSR count). The number of hydrogen-bond donors (Lipinski definition) is 1. The first-order chi connectivity index (χ1) is 9.76. The molecule has 0 atom stereocenters. The predicted molar refractivity (Wildman–Crippen MR) is 93.1 cm³/mol. The van der Waals surface area contributed by atoms with Gasteiger partial charge in [-0.3, -0.25) is 0 Å². The number of hydrogen-bond acceptors (Lipinski definition) is 3. The first-order valence-corrected chi connectivity index (χ1v) is 8.52. The quantitative estimate of drug-likeness (QED) is 0.465. The van der Waals surface area contributed by atoms with E-state index in [1.165, 1.54) is 48.0 Å². The molecule has 1 nitrogen and oxygen atoms in total. The van der Waals surface area contributed by atoms with Crippen LogP contribution in [0.15, 0.2) is 36.4 Å². The van der Waals surface area contributed by atoms with Crippen molar-refractivity contribution in [1.29, 1.82) is 0 Å². The molecule has 0 radical (unpaired) electrons. The summed E-state index contributed by atoms with van der Waals surface area (Å²) in [6.45, 7) is 2.23. The molecule has 4 aromatic rings. The molecule has 2 heterocycles. The smallest absolute Gasteiger partial charge is 0.0542 e. The minimum atomic E-state index is 0.848. The zero-order chi connectivity index (χ0) is 13.7. The van der Waals surface area contributed by atoms with Crippen LogP contribution in [-0.4, -0.2) is 0 Å². The van der Waals surface area contributed by atoms with Gasteiger partial charge in [-0.25, -0.2) is 0 Å². The molecule has 0 aliphatic rings. The first kappa shape index (κ1) is 12.2. The van der Waals surface area contributed by atoms with Crippen LogP contribution in [0, 0.1) is 0 Å². The third kappa shape index (κ3) is 1.74. The first-order valence-electron chi connectivity index (χ1n) is 6.89. The molecular weight excluding hydrogens is 282 g/mol. The molecule has 0 bridgehead atoms. The Hall–Kier alpha value is -1.58. The van der Waals surface area contributed by atoms with Crippen molar-refractivity contribution in [2.24, 2.45) is 0 Å². The third-order valence-electron chi connectivity index (χ3n) is 3.71. The van der Waals surface area contributed by atoms with Crippen molar-refractivity contribution in [2.75, 3.05) is 5.73 Å². The van der Waals surface area contributed by atoms with Gasteiger partial charge in [-0.2, -0.15) is 0 Å². The lowest BCUT2D eigenvalue weighted by Crippen LogP contribution is -1.81. The zero-order valence-electron chi connectivity index (χ0n) is 11.3. The minimum absolute atomic E-state index is 0.848. The SMILES string of the molecule is CCCc1ccc2c(c1)sc1c3ccc(N)cc3sc21. The Balaban J connectivity index is 2.05. The van der Waals surface area contributed by atoms with E-state index in [0.29, 0.717) is 0 Å². The van der Waals surface area contributed by atoms with Crippen molar-refractivity contribution < 1.29 is 0 Å². The second-order valence-corrected chi connectivity index (χ2v) is 7.30. The molecular formula is C17H15NS2. The summed E-state index contributed by atoms with van der Waals surface area (Å²) in [4.78, 5) is 0. The van der Waals surface area contributed by atoms with Gasteiger partial charge in [-0.05, 0) is 30.2 Å². The predicted octanol–water partition coefficient (Wildman–Crippen LogP) is 5.80. The van der Waals surface area contributed by atoms with Crippen LogP contribution in [0.3, 0.4) is 0 Å². The highest BCUT2D eigenvalue weighted by molar-refractivity contribution is 7.36. The Labute approximate surface area is 125 Å². The number of fused-ring (bicyclic) bond motifs is 5. The molecule has 0 amide bonds. The van der Waals surface area contributed by atoms with Gasteiger partial charge in [0.25, 0.3) is 0 Å². The van der Waals surface area contributed by atoms with Crippen LogP contribution in [0.5, 0.6) is 0 Å². The number of rotatable bonds is 2. The number of nitrogen functional groups attached to an aromatic ring is 1. The average molecular weight is 297 g/mol. The summed E-state index contributed by atoms with van der Waals surface area (Å²) in [5.41, 5.74) is 8.19. The molecule has 2 N–H and O–H groups in total. The van der Waals surface area contributed by atoms with Crippen molar-refractivity contribution in [3.63, 3.8) is 0 Å². The van der Waals surface area contributed by atoms with Crippen LogP contribution in [0.2, 0.25) is 0 Å². The van der Waals surface area contributed by atoms with E-state index in [-0.39, 0.29) is 0 Å². The lowest BCUT2D eigenvalue weighted by atomic mass is 10.1. The zero-order valence-corrected chi connectivity index (χ0v) is 12.9. The second kappa shape index (κ2) is 4.47. The normalized spacial score (nSPS) is 11.8. The fourth-order valence-electron chi connectivity index (χ4n) is 2.76. The topological polar surface area (TPSA) is 26.0 Å². The van der Waals surface area contributed by atoms with E-state index < -0.39 is 0 Å². The van der Waals surface area contributed by atoms with Crippen LogP contribution in [0.1, 0.15) is 18.9 Å². The monoisotopic (exact) mass is 297 g/mol. The fraction of sp³-hybridized carbons (Fsp3) is 0.176. The maximum absolute atomic E-state index is 5.89. The second-order valence-electron chi connectivity index (χ2n) is 5.20. The van der Waals surface area contributed by atoms with Gasteiger partial charge in [0.05, 0.1) is 9.40 Å². The van der Waals surface area contributed by atoms with Crippen LogP contribution in [-0.2, 0) is 6.42 Å². The molecule has 0 aliphatic heterocycles.